The number of thiophene rings is 1. The number of fused-ring (bicyclic) bond motifs is 6. The van der Waals surface area contributed by atoms with Gasteiger partial charge in [-0.15, -0.1) is 11.3 Å². The Morgan fingerprint density at radius 1 is 0.492 bits per heavy atom. The molecule has 0 atom stereocenters. The van der Waals surface area contributed by atoms with Crippen molar-refractivity contribution in [3.63, 3.8) is 0 Å². The summed E-state index contributed by atoms with van der Waals surface area (Å²) in [6.07, 6.45) is 0. The summed E-state index contributed by atoms with van der Waals surface area (Å²) in [5.74, 6) is 0.313. The molecule has 0 aliphatic heterocycles. The van der Waals surface area contributed by atoms with Crippen molar-refractivity contribution in [2.75, 3.05) is 11.9 Å². The van der Waals surface area contributed by atoms with Gasteiger partial charge in [-0.05, 0) is 160 Å². The molecule has 1 aliphatic rings. The molecular weight excluding hydrogens is 778 g/mol. The highest BCUT2D eigenvalue weighted by molar-refractivity contribution is 7.26. The predicted molar refractivity (Wildman–Crippen MR) is 277 cm³/mol. The van der Waals surface area contributed by atoms with E-state index < -0.39 is 0 Å². The first-order chi connectivity index (χ1) is 30.3. The van der Waals surface area contributed by atoms with E-state index in [0.717, 1.165) is 0 Å². The summed E-state index contributed by atoms with van der Waals surface area (Å²) in [6.45, 7) is 20.7. The molecular formula is C60H55BNS. The lowest BCUT2D eigenvalue weighted by atomic mass is 9.60. The first kappa shape index (κ1) is 40.9. The molecule has 0 unspecified atom stereocenters. The molecule has 9 aromatic rings. The molecule has 1 aliphatic carbocycles. The van der Waals surface area contributed by atoms with Crippen molar-refractivity contribution in [1.29, 1.82) is 0 Å². The van der Waals surface area contributed by atoms with Gasteiger partial charge >= 0.3 is 0 Å². The monoisotopic (exact) mass is 832 g/mol. The fourth-order valence-electron chi connectivity index (χ4n) is 10.4. The first-order valence-corrected chi connectivity index (χ1v) is 23.3. The number of anilines is 2. The topological polar surface area (TPSA) is 3.24 Å². The van der Waals surface area contributed by atoms with Gasteiger partial charge in [0.15, 0.2) is 7.28 Å². The van der Waals surface area contributed by atoms with Crippen LogP contribution in [0.25, 0.3) is 64.7 Å². The van der Waals surface area contributed by atoms with E-state index >= 15 is 0 Å². The van der Waals surface area contributed by atoms with Crippen LogP contribution in [0.15, 0.2) is 146 Å². The lowest BCUT2D eigenvalue weighted by Gasteiger charge is -2.28. The molecule has 63 heavy (non-hydrogen) atoms. The average Bonchev–Trinajstić information content (AvgIpc) is 3.75. The predicted octanol–water partition coefficient (Wildman–Crippen LogP) is 15.5. The zero-order chi connectivity index (χ0) is 43.9. The Bertz CT molecular complexity index is 3290. The smallest absolute Gasteiger partial charge is 0.195 e. The van der Waals surface area contributed by atoms with Crippen LogP contribution in [0.5, 0.6) is 0 Å². The fourth-order valence-corrected chi connectivity index (χ4v) is 11.6. The maximum atomic E-state index is 2.49. The molecule has 3 heteroatoms. The van der Waals surface area contributed by atoms with Crippen molar-refractivity contribution < 1.29 is 0 Å². The summed E-state index contributed by atoms with van der Waals surface area (Å²) < 4.78 is 2.63. The third-order valence-electron chi connectivity index (χ3n) is 14.0. The van der Waals surface area contributed by atoms with Crippen LogP contribution in [0.2, 0.25) is 0 Å². The Balaban J connectivity index is 1.21. The van der Waals surface area contributed by atoms with Crippen LogP contribution in [-0.4, -0.2) is 14.3 Å². The highest BCUT2D eigenvalue weighted by atomic mass is 32.1. The van der Waals surface area contributed by atoms with Crippen molar-refractivity contribution in [2.45, 2.75) is 73.6 Å². The lowest BCUT2D eigenvalue weighted by Crippen LogP contribution is -2.33. The molecule has 10 rings (SSSR count). The molecule has 0 saturated heterocycles. The van der Waals surface area contributed by atoms with E-state index in [1.54, 1.807) is 0 Å². The summed E-state index contributed by atoms with van der Waals surface area (Å²) in [7, 11) is 4.75. The molecule has 1 heterocycles. The summed E-state index contributed by atoms with van der Waals surface area (Å²) in [5, 5.41) is 2.63. The number of aryl methyl sites for hydroxylation is 4. The molecule has 0 bridgehead atoms. The van der Waals surface area contributed by atoms with Crippen LogP contribution in [0.1, 0.15) is 78.1 Å². The molecule has 8 aromatic carbocycles. The van der Waals surface area contributed by atoms with E-state index in [1.165, 1.54) is 131 Å². The van der Waals surface area contributed by atoms with Crippen molar-refractivity contribution in [3.8, 4) is 44.5 Å². The summed E-state index contributed by atoms with van der Waals surface area (Å²) >= 11 is 1.89. The Hall–Kier alpha value is -6.16. The van der Waals surface area contributed by atoms with Gasteiger partial charge in [-0.2, -0.15) is 0 Å². The van der Waals surface area contributed by atoms with Crippen LogP contribution in [0, 0.1) is 34.6 Å². The van der Waals surface area contributed by atoms with Gasteiger partial charge in [-0.1, -0.05) is 153 Å². The second-order valence-electron chi connectivity index (χ2n) is 18.9. The SMILES string of the molecule is Cc1ccc(C)c(-c2cc(C)cc(-c3cc4c(cc3[B]c3cc(C(C)C)c(-c5ccccc5C)cc3N(C)c3ccc5c(c3)-c3ccccc3C5(C)C)sc3ccccc34)c2C)c1. The molecule has 0 N–H and O–H groups in total. The highest BCUT2D eigenvalue weighted by Crippen LogP contribution is 2.50. The zero-order valence-electron chi connectivity index (χ0n) is 38.4. The zero-order valence-corrected chi connectivity index (χ0v) is 39.2. The third-order valence-corrected chi connectivity index (χ3v) is 15.1. The van der Waals surface area contributed by atoms with Crippen LogP contribution < -0.4 is 15.8 Å². The van der Waals surface area contributed by atoms with Crippen molar-refractivity contribution >= 4 is 61.1 Å². The minimum absolute atomic E-state index is 0.0493. The molecule has 1 nitrogen and oxygen atoms in total. The number of benzene rings is 8. The maximum absolute atomic E-state index is 2.49. The van der Waals surface area contributed by atoms with Gasteiger partial charge in [0.05, 0.1) is 0 Å². The minimum Gasteiger partial charge on any atom is -0.345 e. The van der Waals surface area contributed by atoms with E-state index in [-0.39, 0.29) is 5.41 Å². The van der Waals surface area contributed by atoms with E-state index in [1.807, 2.05) is 11.3 Å². The second-order valence-corrected chi connectivity index (χ2v) is 20.0. The molecule has 0 amide bonds. The Labute approximate surface area is 379 Å². The fraction of sp³-hybridized carbons (Fsp3) is 0.200. The highest BCUT2D eigenvalue weighted by Gasteiger charge is 2.35. The second kappa shape index (κ2) is 15.6. The van der Waals surface area contributed by atoms with E-state index in [0.29, 0.717) is 5.92 Å². The van der Waals surface area contributed by atoms with Crippen molar-refractivity contribution in [1.82, 2.24) is 0 Å². The molecule has 0 saturated carbocycles. The third kappa shape index (κ3) is 6.93. The van der Waals surface area contributed by atoms with Gasteiger partial charge in [0.25, 0.3) is 0 Å². The Morgan fingerprint density at radius 2 is 1.16 bits per heavy atom. The maximum Gasteiger partial charge on any atom is 0.195 e. The average molecular weight is 833 g/mol. The van der Waals surface area contributed by atoms with E-state index in [9.17, 15) is 0 Å². The van der Waals surface area contributed by atoms with Gasteiger partial charge in [0, 0.05) is 44.0 Å². The van der Waals surface area contributed by atoms with Crippen LogP contribution >= 0.6 is 11.3 Å². The van der Waals surface area contributed by atoms with Crippen molar-refractivity contribution in [3.05, 3.63) is 190 Å². The summed E-state index contributed by atoms with van der Waals surface area (Å²) in [6, 6.07) is 55.4. The Morgan fingerprint density at radius 3 is 1.94 bits per heavy atom. The van der Waals surface area contributed by atoms with E-state index in [2.05, 4.69) is 227 Å². The summed E-state index contributed by atoms with van der Waals surface area (Å²) in [4.78, 5) is 2.43. The van der Waals surface area contributed by atoms with Gasteiger partial charge in [0.1, 0.15) is 0 Å². The molecule has 1 aromatic heterocycles. The van der Waals surface area contributed by atoms with Crippen LogP contribution in [0.3, 0.4) is 0 Å². The van der Waals surface area contributed by atoms with Gasteiger partial charge < -0.3 is 4.90 Å². The number of rotatable bonds is 8. The van der Waals surface area contributed by atoms with Gasteiger partial charge in [-0.3, -0.25) is 0 Å². The summed E-state index contributed by atoms with van der Waals surface area (Å²) in [5.41, 5.74) is 25.7. The van der Waals surface area contributed by atoms with Crippen LogP contribution in [-0.2, 0) is 5.41 Å². The molecule has 1 radical (unpaired) electrons. The number of nitrogens with zero attached hydrogens (tertiary/aromatic N) is 1. The number of hydrogen-bond acceptors (Lipinski definition) is 2. The van der Waals surface area contributed by atoms with Crippen molar-refractivity contribution in [2.24, 2.45) is 0 Å². The van der Waals surface area contributed by atoms with Gasteiger partial charge in [-0.25, -0.2) is 0 Å². The van der Waals surface area contributed by atoms with Crippen LogP contribution in [0.4, 0.5) is 11.4 Å². The first-order valence-electron chi connectivity index (χ1n) is 22.5. The van der Waals surface area contributed by atoms with E-state index in [4.69, 9.17) is 0 Å². The normalized spacial score (nSPS) is 12.9. The number of hydrogen-bond donors (Lipinski definition) is 0. The molecule has 0 fully saturated rings. The molecule has 309 valence electrons. The Kier molecular flexibility index (Phi) is 10.1. The largest absolute Gasteiger partial charge is 0.345 e. The molecule has 0 spiro atoms. The van der Waals surface area contributed by atoms with Gasteiger partial charge in [0.2, 0.25) is 0 Å². The standard InChI is InChI=1S/C60H55BNS/c1-35(2)45-32-56(57(33-49(45)42-18-12-11-17-38(42)5)62(10)41-25-26-54-50(30-41)43-19-13-15-21-53(43)60(54,8)9)61-55-34-59-52(44-20-14-16-22-58(44)63-59)31-51(55)48-29-37(4)28-47(40(48)7)46-27-36(3)23-24-39(46)6/h11-35H,1-10H3. The quantitative estimate of drug-likeness (QED) is 0.138. The lowest BCUT2D eigenvalue weighted by molar-refractivity contribution is 0.660. The minimum atomic E-state index is -0.0493.